The van der Waals surface area contributed by atoms with E-state index in [0.29, 0.717) is 42.9 Å². The highest BCUT2D eigenvalue weighted by atomic mass is 19.1. The molecule has 1 aromatic heterocycles. The monoisotopic (exact) mass is 584 g/mol. The molecule has 43 heavy (non-hydrogen) atoms. The first-order chi connectivity index (χ1) is 20.9. The number of hydrogen-bond donors (Lipinski definition) is 0. The minimum Gasteiger partial charge on any atom is -0.462 e. The van der Waals surface area contributed by atoms with Crippen molar-refractivity contribution in [1.29, 1.82) is 5.26 Å². The van der Waals surface area contributed by atoms with E-state index in [1.807, 2.05) is 18.0 Å². The summed E-state index contributed by atoms with van der Waals surface area (Å²) in [7, 11) is 2.05. The fourth-order valence-electron chi connectivity index (χ4n) is 7.34. The molecule has 2 aliphatic heterocycles. The molecule has 4 atom stereocenters. The smallest absolute Gasteiger partial charge is 0.319 e. The zero-order chi connectivity index (χ0) is 29.8. The summed E-state index contributed by atoms with van der Waals surface area (Å²) in [6.07, 6.45) is 5.37. The van der Waals surface area contributed by atoms with Crippen molar-refractivity contribution >= 4 is 22.6 Å². The van der Waals surface area contributed by atoms with Crippen LogP contribution in [0.25, 0.3) is 22.0 Å². The normalized spacial score (nSPS) is 24.5. The van der Waals surface area contributed by atoms with Gasteiger partial charge in [-0.2, -0.15) is 15.2 Å². The Labute approximate surface area is 249 Å². The predicted molar refractivity (Wildman–Crippen MR) is 159 cm³/mol. The van der Waals surface area contributed by atoms with Crippen molar-refractivity contribution in [1.82, 2.24) is 19.8 Å². The van der Waals surface area contributed by atoms with E-state index in [4.69, 9.17) is 4.74 Å². The van der Waals surface area contributed by atoms with Gasteiger partial charge in [-0.1, -0.05) is 24.8 Å². The van der Waals surface area contributed by atoms with E-state index in [9.17, 15) is 10.1 Å². The third-order valence-corrected chi connectivity index (χ3v) is 9.76. The van der Waals surface area contributed by atoms with Crippen LogP contribution in [0, 0.1) is 28.9 Å². The summed E-state index contributed by atoms with van der Waals surface area (Å²) in [5, 5.41) is 9.71. The summed E-state index contributed by atoms with van der Waals surface area (Å²) in [5.41, 5.74) is 2.74. The van der Waals surface area contributed by atoms with Crippen LogP contribution in [0.4, 0.5) is 14.6 Å². The van der Waals surface area contributed by atoms with Gasteiger partial charge in [0.25, 0.3) is 0 Å². The number of likely N-dealkylation sites (tertiary alicyclic amines) is 1. The number of ether oxygens (including phenoxy) is 1. The molecule has 4 aliphatic rings. The van der Waals surface area contributed by atoms with Crippen LogP contribution in [0.2, 0.25) is 0 Å². The summed E-state index contributed by atoms with van der Waals surface area (Å²) >= 11 is 0. The maximum absolute atomic E-state index is 16.6. The lowest BCUT2D eigenvalue weighted by Crippen LogP contribution is -2.55. The molecule has 3 fully saturated rings. The summed E-state index contributed by atoms with van der Waals surface area (Å²) in [6, 6.07) is 9.04. The minimum absolute atomic E-state index is 0.00151. The number of carbonyl (C=O) groups is 1. The van der Waals surface area contributed by atoms with Crippen molar-refractivity contribution in [3.8, 4) is 23.2 Å². The Morgan fingerprint density at radius 3 is 2.86 bits per heavy atom. The third kappa shape index (κ3) is 4.80. The van der Waals surface area contributed by atoms with Crippen molar-refractivity contribution in [3.63, 3.8) is 0 Å². The van der Waals surface area contributed by atoms with Gasteiger partial charge >= 0.3 is 6.01 Å². The topological polar surface area (TPSA) is 85.6 Å². The van der Waals surface area contributed by atoms with E-state index < -0.39 is 17.7 Å². The average molecular weight is 585 g/mol. The first-order valence-electron chi connectivity index (χ1n) is 15.1. The van der Waals surface area contributed by atoms with Crippen LogP contribution in [-0.2, 0) is 11.2 Å². The maximum atomic E-state index is 16.6. The van der Waals surface area contributed by atoms with Crippen LogP contribution in [0.15, 0.2) is 36.9 Å². The highest BCUT2D eigenvalue weighted by Crippen LogP contribution is 2.58. The molecule has 3 heterocycles. The Morgan fingerprint density at radius 1 is 1.23 bits per heavy atom. The molecular formula is C33H34F2N6O2. The quantitative estimate of drug-likeness (QED) is 0.368. The molecule has 1 amide bonds. The number of carbonyl (C=O) groups excluding carboxylic acids is 1. The van der Waals surface area contributed by atoms with Crippen LogP contribution >= 0.6 is 0 Å². The first kappa shape index (κ1) is 27.7. The fraction of sp³-hybridized carbons (Fsp3) is 0.455. The minimum atomic E-state index is -0.732. The molecule has 2 aromatic carbocycles. The standard InChI is InChI=1S/C33H34F2N6O2/c1-3-28(42)41-13-12-40(17-20(41)9-10-36)32-26-16-27(34)29(23-8-4-7-22-24-14-19(24)15-25(22)23)30(35)31(26)37-33(38-32)43-18-21-6-5-11-39(21)2/h3-4,7-8,16,19-21,24H,1,5-6,9,11-15,17-18H2,2H3/t19?,20-,21-,24?/m0/s1. The molecule has 8 nitrogen and oxygen atoms in total. The molecule has 0 spiro atoms. The van der Waals surface area contributed by atoms with Crippen molar-refractivity contribution in [2.24, 2.45) is 5.92 Å². The lowest BCUT2D eigenvalue weighted by Gasteiger charge is -2.41. The van der Waals surface area contributed by atoms with Crippen LogP contribution in [-0.4, -0.2) is 77.6 Å². The zero-order valence-electron chi connectivity index (χ0n) is 24.2. The van der Waals surface area contributed by atoms with Crippen LogP contribution < -0.4 is 9.64 Å². The summed E-state index contributed by atoms with van der Waals surface area (Å²) in [6.45, 7) is 5.86. The largest absolute Gasteiger partial charge is 0.462 e. The first-order valence-corrected chi connectivity index (χ1v) is 15.1. The van der Waals surface area contributed by atoms with Gasteiger partial charge in [-0.05, 0) is 79.9 Å². The van der Waals surface area contributed by atoms with Gasteiger partial charge in [0.15, 0.2) is 5.82 Å². The zero-order valence-corrected chi connectivity index (χ0v) is 24.2. The van der Waals surface area contributed by atoms with Crippen LogP contribution in [0.5, 0.6) is 6.01 Å². The molecule has 0 radical (unpaired) electrons. The number of piperazine rings is 1. The number of rotatable bonds is 7. The number of anilines is 1. The number of fused-ring (bicyclic) bond motifs is 4. The van der Waals surface area contributed by atoms with Crippen LogP contribution in [0.1, 0.15) is 42.7 Å². The highest BCUT2D eigenvalue weighted by molar-refractivity contribution is 5.94. The molecule has 222 valence electrons. The second kappa shape index (κ2) is 10.9. The Kier molecular flexibility index (Phi) is 7.01. The van der Waals surface area contributed by atoms with Gasteiger partial charge in [0, 0.05) is 31.1 Å². The van der Waals surface area contributed by atoms with Crippen molar-refractivity contribution in [2.75, 3.05) is 44.7 Å². The van der Waals surface area contributed by atoms with Gasteiger partial charge in [-0.3, -0.25) is 4.79 Å². The van der Waals surface area contributed by atoms with Crippen molar-refractivity contribution < 1.29 is 18.3 Å². The van der Waals surface area contributed by atoms with Crippen molar-refractivity contribution in [3.05, 3.63) is 59.7 Å². The maximum Gasteiger partial charge on any atom is 0.319 e. The lowest BCUT2D eigenvalue weighted by molar-refractivity contribution is -0.128. The summed E-state index contributed by atoms with van der Waals surface area (Å²) < 4.78 is 38.7. The van der Waals surface area contributed by atoms with Gasteiger partial charge in [-0.15, -0.1) is 0 Å². The SMILES string of the molecule is C=CC(=O)N1CCN(c2nc(OC[C@@H]3CCCN3C)nc3c(F)c(-c4cccc5c4CC4CC54)c(F)cc23)C[C@@H]1CC#N. The average Bonchev–Trinajstić information content (AvgIpc) is 3.50. The number of nitriles is 1. The van der Waals surface area contributed by atoms with E-state index in [-0.39, 0.29) is 47.4 Å². The molecular weight excluding hydrogens is 550 g/mol. The lowest BCUT2D eigenvalue weighted by atomic mass is 9.93. The van der Waals surface area contributed by atoms with Crippen molar-refractivity contribution in [2.45, 2.75) is 50.1 Å². The molecule has 10 heteroatoms. The van der Waals surface area contributed by atoms with E-state index in [0.717, 1.165) is 37.8 Å². The Balaban J connectivity index is 1.32. The van der Waals surface area contributed by atoms with Gasteiger partial charge in [-0.25, -0.2) is 8.78 Å². The molecule has 2 unspecified atom stereocenters. The van der Waals surface area contributed by atoms with E-state index in [1.54, 1.807) is 11.0 Å². The Bertz CT molecular complexity index is 1670. The molecule has 2 saturated heterocycles. The second-order valence-electron chi connectivity index (χ2n) is 12.2. The van der Waals surface area contributed by atoms with E-state index in [2.05, 4.69) is 33.6 Å². The van der Waals surface area contributed by atoms with E-state index in [1.165, 1.54) is 17.7 Å². The fourth-order valence-corrected chi connectivity index (χ4v) is 7.34. The summed E-state index contributed by atoms with van der Waals surface area (Å²) in [5.74, 6) is -0.261. The number of aromatic nitrogens is 2. The second-order valence-corrected chi connectivity index (χ2v) is 12.2. The van der Waals surface area contributed by atoms with Gasteiger partial charge in [0.1, 0.15) is 23.8 Å². The molecule has 2 aliphatic carbocycles. The van der Waals surface area contributed by atoms with Gasteiger partial charge in [0.2, 0.25) is 5.91 Å². The van der Waals surface area contributed by atoms with Gasteiger partial charge in [0.05, 0.1) is 24.1 Å². The molecule has 1 saturated carbocycles. The molecule has 3 aromatic rings. The third-order valence-electron chi connectivity index (χ3n) is 9.76. The number of hydrogen-bond acceptors (Lipinski definition) is 7. The molecule has 0 bridgehead atoms. The number of benzene rings is 2. The number of likely N-dealkylation sites (N-methyl/N-ethyl adjacent to an activating group) is 1. The molecule has 7 rings (SSSR count). The predicted octanol–water partition coefficient (Wildman–Crippen LogP) is 4.82. The molecule has 0 N–H and O–H groups in total. The Morgan fingerprint density at radius 2 is 2.09 bits per heavy atom. The van der Waals surface area contributed by atoms with Gasteiger partial charge < -0.3 is 19.4 Å². The van der Waals surface area contributed by atoms with Crippen LogP contribution in [0.3, 0.4) is 0 Å². The van der Waals surface area contributed by atoms with E-state index >= 15 is 8.78 Å². The highest BCUT2D eigenvalue weighted by Gasteiger charge is 2.46. The number of nitrogens with zero attached hydrogens (tertiary/aromatic N) is 6. The number of halogens is 2. The number of amides is 1. The Hall–Kier alpha value is -4.10. The summed E-state index contributed by atoms with van der Waals surface area (Å²) in [4.78, 5) is 27.4.